The van der Waals surface area contributed by atoms with E-state index < -0.39 is 0 Å². The zero-order chi connectivity index (χ0) is 13.9. The average molecular weight is 263 g/mol. The van der Waals surface area contributed by atoms with E-state index in [9.17, 15) is 0 Å². The van der Waals surface area contributed by atoms with E-state index in [4.69, 9.17) is 15.2 Å². The maximum Gasteiger partial charge on any atom is 0.125 e. The Morgan fingerprint density at radius 1 is 1.42 bits per heavy atom. The summed E-state index contributed by atoms with van der Waals surface area (Å²) in [6.45, 7) is 4.40. The monoisotopic (exact) mass is 263 g/mol. The number of methoxy groups -OCH3 is 1. The number of hydrogen-bond donors (Lipinski definition) is 1. The standard InChI is InChI=1S/C16H25NO2/c1-4-5-6-9-16(2)11-14(17)13-10-12(18-3)7-8-15(13)19-16/h7-8,10,14H,4-6,9,11,17H2,1-3H3. The Morgan fingerprint density at radius 3 is 2.89 bits per heavy atom. The first-order chi connectivity index (χ1) is 9.08. The summed E-state index contributed by atoms with van der Waals surface area (Å²) in [7, 11) is 1.67. The summed E-state index contributed by atoms with van der Waals surface area (Å²) in [5, 5.41) is 0. The Bertz CT molecular complexity index is 433. The molecule has 0 fully saturated rings. The number of ether oxygens (including phenoxy) is 2. The van der Waals surface area contributed by atoms with Crippen LogP contribution in [0.25, 0.3) is 0 Å². The molecular formula is C16H25NO2. The van der Waals surface area contributed by atoms with Crippen LogP contribution in [0.1, 0.15) is 57.6 Å². The van der Waals surface area contributed by atoms with Gasteiger partial charge in [-0.05, 0) is 38.0 Å². The number of rotatable bonds is 5. The van der Waals surface area contributed by atoms with Crippen LogP contribution in [-0.2, 0) is 0 Å². The van der Waals surface area contributed by atoms with Gasteiger partial charge in [-0.1, -0.05) is 19.8 Å². The fraction of sp³-hybridized carbons (Fsp3) is 0.625. The van der Waals surface area contributed by atoms with E-state index in [0.29, 0.717) is 0 Å². The lowest BCUT2D eigenvalue weighted by atomic mass is 9.85. The van der Waals surface area contributed by atoms with E-state index in [0.717, 1.165) is 29.9 Å². The summed E-state index contributed by atoms with van der Waals surface area (Å²) in [6.07, 6.45) is 5.63. The molecule has 19 heavy (non-hydrogen) atoms. The third-order valence-corrected chi connectivity index (χ3v) is 3.93. The van der Waals surface area contributed by atoms with E-state index in [1.165, 1.54) is 19.3 Å². The Labute approximate surface area is 116 Å². The molecule has 3 heteroatoms. The van der Waals surface area contributed by atoms with Gasteiger partial charge in [0.05, 0.1) is 7.11 Å². The molecule has 0 aliphatic carbocycles. The first-order valence-electron chi connectivity index (χ1n) is 7.20. The Balaban J connectivity index is 2.15. The minimum absolute atomic E-state index is 0.0328. The maximum atomic E-state index is 6.31. The fourth-order valence-electron chi connectivity index (χ4n) is 2.82. The normalized spacial score (nSPS) is 25.6. The highest BCUT2D eigenvalue weighted by Gasteiger charge is 2.35. The quantitative estimate of drug-likeness (QED) is 0.821. The van der Waals surface area contributed by atoms with E-state index in [1.807, 2.05) is 18.2 Å². The van der Waals surface area contributed by atoms with Crippen LogP contribution in [0.4, 0.5) is 0 Å². The molecule has 1 aromatic rings. The minimum Gasteiger partial charge on any atom is -0.497 e. The number of unbranched alkanes of at least 4 members (excludes halogenated alkanes) is 2. The summed E-state index contributed by atoms with van der Waals surface area (Å²) in [6, 6.07) is 5.94. The van der Waals surface area contributed by atoms with Gasteiger partial charge < -0.3 is 15.2 Å². The number of fused-ring (bicyclic) bond motifs is 1. The largest absolute Gasteiger partial charge is 0.497 e. The molecule has 2 unspecified atom stereocenters. The van der Waals surface area contributed by atoms with Gasteiger partial charge in [0.25, 0.3) is 0 Å². The van der Waals surface area contributed by atoms with E-state index in [-0.39, 0.29) is 11.6 Å². The Morgan fingerprint density at radius 2 is 2.21 bits per heavy atom. The molecule has 1 aromatic carbocycles. The molecule has 0 spiro atoms. The number of nitrogens with two attached hydrogens (primary N) is 1. The highest BCUT2D eigenvalue weighted by Crippen LogP contribution is 2.41. The van der Waals surface area contributed by atoms with Gasteiger partial charge in [-0.15, -0.1) is 0 Å². The molecule has 0 amide bonds. The van der Waals surface area contributed by atoms with Gasteiger partial charge in [0.15, 0.2) is 0 Å². The van der Waals surface area contributed by atoms with E-state index in [1.54, 1.807) is 7.11 Å². The zero-order valence-corrected chi connectivity index (χ0v) is 12.2. The number of hydrogen-bond acceptors (Lipinski definition) is 3. The fourth-order valence-corrected chi connectivity index (χ4v) is 2.82. The molecule has 2 N–H and O–H groups in total. The molecule has 3 nitrogen and oxygen atoms in total. The van der Waals surface area contributed by atoms with Gasteiger partial charge in [-0.2, -0.15) is 0 Å². The molecule has 106 valence electrons. The van der Waals surface area contributed by atoms with Crippen molar-refractivity contribution in [1.29, 1.82) is 0 Å². The molecule has 0 bridgehead atoms. The predicted octanol–water partition coefficient (Wildman–Crippen LogP) is 3.82. The second-order valence-corrected chi connectivity index (χ2v) is 5.72. The van der Waals surface area contributed by atoms with Crippen molar-refractivity contribution in [3.8, 4) is 11.5 Å². The topological polar surface area (TPSA) is 44.5 Å². The van der Waals surface area contributed by atoms with Crippen LogP contribution in [0.15, 0.2) is 18.2 Å². The van der Waals surface area contributed by atoms with Crippen LogP contribution >= 0.6 is 0 Å². The van der Waals surface area contributed by atoms with Crippen molar-refractivity contribution in [3.63, 3.8) is 0 Å². The maximum absolute atomic E-state index is 6.31. The molecule has 0 aromatic heterocycles. The van der Waals surface area contributed by atoms with Crippen molar-refractivity contribution in [2.24, 2.45) is 5.73 Å². The highest BCUT2D eigenvalue weighted by atomic mass is 16.5. The lowest BCUT2D eigenvalue weighted by Gasteiger charge is -2.39. The first-order valence-corrected chi connectivity index (χ1v) is 7.20. The average Bonchev–Trinajstić information content (AvgIpc) is 2.38. The molecular weight excluding hydrogens is 238 g/mol. The zero-order valence-electron chi connectivity index (χ0n) is 12.2. The van der Waals surface area contributed by atoms with E-state index in [2.05, 4.69) is 13.8 Å². The van der Waals surface area contributed by atoms with Crippen LogP contribution in [0.3, 0.4) is 0 Å². The van der Waals surface area contributed by atoms with Gasteiger partial charge >= 0.3 is 0 Å². The van der Waals surface area contributed by atoms with Crippen molar-refractivity contribution >= 4 is 0 Å². The van der Waals surface area contributed by atoms with Crippen molar-refractivity contribution in [1.82, 2.24) is 0 Å². The van der Waals surface area contributed by atoms with Crippen LogP contribution in [-0.4, -0.2) is 12.7 Å². The highest BCUT2D eigenvalue weighted by molar-refractivity contribution is 5.44. The summed E-state index contributed by atoms with van der Waals surface area (Å²) in [4.78, 5) is 0. The molecule has 0 saturated carbocycles. The molecule has 1 heterocycles. The van der Waals surface area contributed by atoms with Gasteiger partial charge in [0.1, 0.15) is 17.1 Å². The summed E-state index contributed by atoms with van der Waals surface area (Å²) < 4.78 is 11.4. The molecule has 0 saturated heterocycles. The predicted molar refractivity (Wildman–Crippen MR) is 77.7 cm³/mol. The van der Waals surface area contributed by atoms with Gasteiger partial charge in [-0.3, -0.25) is 0 Å². The Hall–Kier alpha value is -1.22. The van der Waals surface area contributed by atoms with Crippen molar-refractivity contribution in [3.05, 3.63) is 23.8 Å². The minimum atomic E-state index is -0.129. The number of benzene rings is 1. The lowest BCUT2D eigenvalue weighted by molar-refractivity contribution is 0.0429. The molecule has 2 atom stereocenters. The van der Waals surface area contributed by atoms with Crippen molar-refractivity contribution in [2.75, 3.05) is 7.11 Å². The van der Waals surface area contributed by atoms with Gasteiger partial charge in [0, 0.05) is 18.0 Å². The first kappa shape index (κ1) is 14.2. The second kappa shape index (κ2) is 5.83. The molecule has 1 aliphatic rings. The molecule has 2 rings (SSSR count). The smallest absolute Gasteiger partial charge is 0.125 e. The summed E-state index contributed by atoms with van der Waals surface area (Å²) >= 11 is 0. The van der Waals surface area contributed by atoms with Gasteiger partial charge in [-0.25, -0.2) is 0 Å². The summed E-state index contributed by atoms with van der Waals surface area (Å²) in [5.74, 6) is 1.76. The third-order valence-electron chi connectivity index (χ3n) is 3.93. The van der Waals surface area contributed by atoms with Crippen molar-refractivity contribution in [2.45, 2.75) is 57.6 Å². The molecule has 1 aliphatic heterocycles. The van der Waals surface area contributed by atoms with Crippen LogP contribution in [0.2, 0.25) is 0 Å². The van der Waals surface area contributed by atoms with Crippen LogP contribution < -0.4 is 15.2 Å². The van der Waals surface area contributed by atoms with Crippen LogP contribution in [0.5, 0.6) is 11.5 Å². The van der Waals surface area contributed by atoms with Gasteiger partial charge in [0.2, 0.25) is 0 Å². The second-order valence-electron chi connectivity index (χ2n) is 5.72. The van der Waals surface area contributed by atoms with E-state index >= 15 is 0 Å². The third kappa shape index (κ3) is 3.21. The van der Waals surface area contributed by atoms with Crippen LogP contribution in [0, 0.1) is 0 Å². The SMILES string of the molecule is CCCCCC1(C)CC(N)c2cc(OC)ccc2O1. The summed E-state index contributed by atoms with van der Waals surface area (Å²) in [5.41, 5.74) is 7.25. The van der Waals surface area contributed by atoms with Crippen molar-refractivity contribution < 1.29 is 9.47 Å². The molecule has 0 radical (unpaired) electrons. The lowest BCUT2D eigenvalue weighted by Crippen LogP contribution is -2.40. The Kier molecular flexibility index (Phi) is 4.35.